The molecule has 1 aromatic carbocycles. The zero-order chi connectivity index (χ0) is 14.7. The zero-order valence-corrected chi connectivity index (χ0v) is 11.2. The smallest absolute Gasteiger partial charge is 0.294 e. The van der Waals surface area contributed by atoms with E-state index in [0.29, 0.717) is 12.1 Å². The summed E-state index contributed by atoms with van der Waals surface area (Å²) < 4.78 is 1.66. The molecule has 104 valence electrons. The molecule has 0 aliphatic carbocycles. The van der Waals surface area contributed by atoms with Crippen LogP contribution in [0.1, 0.15) is 23.1 Å². The van der Waals surface area contributed by atoms with E-state index in [9.17, 15) is 14.9 Å². The summed E-state index contributed by atoms with van der Waals surface area (Å²) in [5.74, 6) is 0.363. The summed E-state index contributed by atoms with van der Waals surface area (Å²) >= 11 is 0. The predicted molar refractivity (Wildman–Crippen MR) is 73.0 cm³/mol. The van der Waals surface area contributed by atoms with Crippen molar-refractivity contribution in [2.24, 2.45) is 0 Å². The Labute approximate surface area is 115 Å². The van der Waals surface area contributed by atoms with Gasteiger partial charge < -0.3 is 5.32 Å². The SMILES string of the molecule is CCc1nccn1-c1ccc(C(=O)NC)cc1[N+](=O)[O-]. The van der Waals surface area contributed by atoms with Crippen LogP contribution in [0.25, 0.3) is 5.69 Å². The fourth-order valence-electron chi connectivity index (χ4n) is 1.97. The van der Waals surface area contributed by atoms with E-state index in [1.165, 1.54) is 13.1 Å². The van der Waals surface area contributed by atoms with Crippen LogP contribution < -0.4 is 5.32 Å². The van der Waals surface area contributed by atoms with E-state index in [0.717, 1.165) is 5.82 Å². The lowest BCUT2D eigenvalue weighted by molar-refractivity contribution is -0.384. The molecule has 1 amide bonds. The second kappa shape index (κ2) is 5.52. The topological polar surface area (TPSA) is 90.1 Å². The molecule has 1 aromatic heterocycles. The number of amides is 1. The van der Waals surface area contributed by atoms with Gasteiger partial charge in [-0.1, -0.05) is 6.92 Å². The second-order valence-corrected chi connectivity index (χ2v) is 4.11. The first-order valence-corrected chi connectivity index (χ1v) is 6.11. The third kappa shape index (κ3) is 2.37. The van der Waals surface area contributed by atoms with Crippen molar-refractivity contribution in [3.8, 4) is 5.69 Å². The van der Waals surface area contributed by atoms with E-state index in [4.69, 9.17) is 0 Å². The number of aryl methyl sites for hydroxylation is 1. The number of carbonyl (C=O) groups is 1. The number of aromatic nitrogens is 2. The van der Waals surface area contributed by atoms with E-state index in [1.54, 1.807) is 29.1 Å². The van der Waals surface area contributed by atoms with Crippen LogP contribution in [0.3, 0.4) is 0 Å². The Morgan fingerprint density at radius 1 is 1.50 bits per heavy atom. The van der Waals surface area contributed by atoms with E-state index < -0.39 is 4.92 Å². The number of benzene rings is 1. The molecule has 0 bridgehead atoms. The maximum atomic E-state index is 11.6. The van der Waals surface area contributed by atoms with Gasteiger partial charge in [-0.3, -0.25) is 19.5 Å². The van der Waals surface area contributed by atoms with Crippen molar-refractivity contribution in [3.05, 3.63) is 52.1 Å². The highest BCUT2D eigenvalue weighted by molar-refractivity contribution is 5.95. The van der Waals surface area contributed by atoms with Crippen LogP contribution >= 0.6 is 0 Å². The molecular weight excluding hydrogens is 260 g/mol. The van der Waals surface area contributed by atoms with Gasteiger partial charge in [-0.15, -0.1) is 0 Å². The van der Waals surface area contributed by atoms with E-state index in [1.807, 2.05) is 6.92 Å². The minimum atomic E-state index is -0.499. The molecule has 20 heavy (non-hydrogen) atoms. The fourth-order valence-corrected chi connectivity index (χ4v) is 1.97. The Hall–Kier alpha value is -2.70. The Morgan fingerprint density at radius 3 is 2.85 bits per heavy atom. The van der Waals surface area contributed by atoms with Crippen molar-refractivity contribution < 1.29 is 9.72 Å². The van der Waals surface area contributed by atoms with E-state index in [-0.39, 0.29) is 17.2 Å². The molecule has 0 saturated carbocycles. The van der Waals surface area contributed by atoms with Gasteiger partial charge in [0.1, 0.15) is 11.5 Å². The van der Waals surface area contributed by atoms with Gasteiger partial charge in [0, 0.05) is 37.5 Å². The lowest BCUT2D eigenvalue weighted by Gasteiger charge is -2.08. The van der Waals surface area contributed by atoms with Crippen LogP contribution in [0, 0.1) is 10.1 Å². The number of rotatable bonds is 4. The normalized spacial score (nSPS) is 10.3. The third-order valence-corrected chi connectivity index (χ3v) is 2.95. The molecule has 0 aliphatic heterocycles. The number of nitrogens with one attached hydrogen (secondary N) is 1. The average Bonchev–Trinajstić information content (AvgIpc) is 2.93. The summed E-state index contributed by atoms with van der Waals surface area (Å²) in [6.45, 7) is 1.92. The van der Waals surface area contributed by atoms with Crippen LogP contribution in [0.15, 0.2) is 30.6 Å². The molecule has 0 aliphatic rings. The van der Waals surface area contributed by atoms with Gasteiger partial charge in [-0.2, -0.15) is 0 Å². The molecule has 7 heteroatoms. The van der Waals surface area contributed by atoms with E-state index >= 15 is 0 Å². The highest BCUT2D eigenvalue weighted by Gasteiger charge is 2.19. The number of imidazole rings is 1. The molecule has 0 unspecified atom stereocenters. The molecule has 1 heterocycles. The standard InChI is InChI=1S/C13H14N4O3/c1-3-12-15-6-7-16(12)10-5-4-9(13(18)14-2)8-11(10)17(19)20/h4-8H,3H2,1-2H3,(H,14,18). The Kier molecular flexibility index (Phi) is 3.79. The van der Waals surface area contributed by atoms with Gasteiger partial charge in [0.05, 0.1) is 4.92 Å². The molecule has 1 N–H and O–H groups in total. The minimum Gasteiger partial charge on any atom is -0.355 e. The first-order valence-electron chi connectivity index (χ1n) is 6.11. The maximum Gasteiger partial charge on any atom is 0.294 e. The number of carbonyl (C=O) groups excluding carboxylic acids is 1. The third-order valence-electron chi connectivity index (χ3n) is 2.95. The summed E-state index contributed by atoms with van der Waals surface area (Å²) in [6.07, 6.45) is 3.91. The van der Waals surface area contributed by atoms with Crippen LogP contribution in [-0.4, -0.2) is 27.4 Å². The molecule has 0 radical (unpaired) electrons. The van der Waals surface area contributed by atoms with Crippen molar-refractivity contribution in [1.29, 1.82) is 0 Å². The number of nitro groups is 1. The highest BCUT2D eigenvalue weighted by atomic mass is 16.6. The number of hydrogen-bond donors (Lipinski definition) is 1. The molecule has 0 atom stereocenters. The predicted octanol–water partition coefficient (Wildman–Crippen LogP) is 1.70. The Morgan fingerprint density at radius 2 is 2.25 bits per heavy atom. The minimum absolute atomic E-state index is 0.126. The number of hydrogen-bond acceptors (Lipinski definition) is 4. The highest BCUT2D eigenvalue weighted by Crippen LogP contribution is 2.25. The largest absolute Gasteiger partial charge is 0.355 e. The summed E-state index contributed by atoms with van der Waals surface area (Å²) in [7, 11) is 1.48. The molecule has 2 rings (SSSR count). The van der Waals surface area contributed by atoms with Crippen molar-refractivity contribution >= 4 is 11.6 Å². The second-order valence-electron chi connectivity index (χ2n) is 4.11. The van der Waals surface area contributed by atoms with Gasteiger partial charge in [0.2, 0.25) is 0 Å². The Balaban J connectivity index is 2.59. The average molecular weight is 274 g/mol. The maximum absolute atomic E-state index is 11.6. The summed E-state index contributed by atoms with van der Waals surface area (Å²) in [5, 5.41) is 13.7. The van der Waals surface area contributed by atoms with Gasteiger partial charge in [-0.25, -0.2) is 4.98 Å². The van der Waals surface area contributed by atoms with Crippen LogP contribution in [0.5, 0.6) is 0 Å². The van der Waals surface area contributed by atoms with Crippen molar-refractivity contribution in [2.75, 3.05) is 7.05 Å². The summed E-state index contributed by atoms with van der Waals surface area (Å²) in [5.41, 5.74) is 0.525. The van der Waals surface area contributed by atoms with Crippen molar-refractivity contribution in [3.63, 3.8) is 0 Å². The molecule has 2 aromatic rings. The summed E-state index contributed by atoms with van der Waals surface area (Å²) in [4.78, 5) is 26.4. The summed E-state index contributed by atoms with van der Waals surface area (Å²) in [6, 6.07) is 4.39. The van der Waals surface area contributed by atoms with Gasteiger partial charge in [0.15, 0.2) is 0 Å². The van der Waals surface area contributed by atoms with Crippen molar-refractivity contribution in [2.45, 2.75) is 13.3 Å². The molecule has 0 fully saturated rings. The zero-order valence-electron chi connectivity index (χ0n) is 11.2. The van der Waals surface area contributed by atoms with Crippen LogP contribution in [-0.2, 0) is 6.42 Å². The number of nitrogens with zero attached hydrogens (tertiary/aromatic N) is 3. The van der Waals surface area contributed by atoms with Gasteiger partial charge in [-0.05, 0) is 12.1 Å². The van der Waals surface area contributed by atoms with Crippen LogP contribution in [0.2, 0.25) is 0 Å². The lowest BCUT2D eigenvalue weighted by Crippen LogP contribution is -2.18. The molecular formula is C13H14N4O3. The quantitative estimate of drug-likeness (QED) is 0.678. The van der Waals surface area contributed by atoms with Crippen LogP contribution in [0.4, 0.5) is 5.69 Å². The number of nitro benzene ring substituents is 1. The van der Waals surface area contributed by atoms with Gasteiger partial charge >= 0.3 is 0 Å². The van der Waals surface area contributed by atoms with Crippen molar-refractivity contribution in [1.82, 2.24) is 14.9 Å². The lowest BCUT2D eigenvalue weighted by atomic mass is 10.1. The Bertz CT molecular complexity index is 663. The van der Waals surface area contributed by atoms with Gasteiger partial charge in [0.25, 0.3) is 11.6 Å². The monoisotopic (exact) mass is 274 g/mol. The molecule has 7 nitrogen and oxygen atoms in total. The molecule has 0 saturated heterocycles. The first-order chi connectivity index (χ1) is 9.58. The molecule has 0 spiro atoms. The van der Waals surface area contributed by atoms with E-state index in [2.05, 4.69) is 10.3 Å². The first kappa shape index (κ1) is 13.7. The fraction of sp³-hybridized carbons (Fsp3) is 0.231.